The molecule has 0 amide bonds. The Morgan fingerprint density at radius 3 is 2.30 bits per heavy atom. The molecule has 4 aromatic heterocycles. The molecule has 0 N–H and O–H groups in total. The fourth-order valence-corrected chi connectivity index (χ4v) is 9.32. The zero-order valence-corrected chi connectivity index (χ0v) is 33.8. The number of hydrogen-bond donors (Lipinski definition) is 0. The van der Waals surface area contributed by atoms with Crippen molar-refractivity contribution in [1.82, 2.24) is 15.0 Å². The predicted molar refractivity (Wildman–Crippen MR) is 196 cm³/mol. The minimum absolute atomic E-state index is 0. The number of aryl methyl sites for hydroxylation is 1. The van der Waals surface area contributed by atoms with Crippen LogP contribution in [0.4, 0.5) is 0 Å². The van der Waals surface area contributed by atoms with E-state index in [1.807, 2.05) is 49.5 Å². The first-order chi connectivity index (χ1) is 21.9. The molecule has 4 nitrogen and oxygen atoms in total. The molecule has 6 aromatic rings. The van der Waals surface area contributed by atoms with Gasteiger partial charge in [-0.2, -0.15) is 0 Å². The number of hydrogen-bond acceptors (Lipinski definition) is 4. The smallest absolute Gasteiger partial charge is 0.216 e. The average molecular weight is 863 g/mol. The summed E-state index contributed by atoms with van der Waals surface area (Å²) in [5.41, 5.74) is 9.32. The van der Waals surface area contributed by atoms with Gasteiger partial charge in [-0.1, -0.05) is 37.8 Å². The molecule has 247 valence electrons. The van der Waals surface area contributed by atoms with Crippen LogP contribution in [0.15, 0.2) is 83.5 Å². The Morgan fingerprint density at radius 2 is 1.64 bits per heavy atom. The van der Waals surface area contributed by atoms with Crippen LogP contribution in [-0.2, 0) is 31.9 Å². The van der Waals surface area contributed by atoms with E-state index in [0.717, 1.165) is 63.8 Å². The summed E-state index contributed by atoms with van der Waals surface area (Å²) in [5.74, 6) is 7.99. The van der Waals surface area contributed by atoms with Crippen molar-refractivity contribution in [3.8, 4) is 22.5 Å². The molecule has 0 aliphatic carbocycles. The van der Waals surface area contributed by atoms with Gasteiger partial charge < -0.3 is 9.40 Å². The van der Waals surface area contributed by atoms with Gasteiger partial charge in [0.15, 0.2) is 0 Å². The summed E-state index contributed by atoms with van der Waals surface area (Å²) in [6, 6.07) is 29.4. The number of rotatable bonds is 8. The van der Waals surface area contributed by atoms with Crippen LogP contribution in [0.2, 0.25) is 17.3 Å². The van der Waals surface area contributed by atoms with Crippen molar-refractivity contribution in [3.05, 3.63) is 108 Å². The number of benzene rings is 2. The maximum absolute atomic E-state index is 6.11. The minimum atomic E-state index is -1.86. The van der Waals surface area contributed by atoms with Crippen molar-refractivity contribution in [3.63, 3.8) is 0 Å². The fourth-order valence-electron chi connectivity index (χ4n) is 5.99. The van der Waals surface area contributed by atoms with E-state index in [4.69, 9.17) is 9.40 Å². The Balaban J connectivity index is 0.000000216. The molecular formula is C41H47GeIrN3O-2. The number of pyridine rings is 3. The van der Waals surface area contributed by atoms with E-state index in [2.05, 4.69) is 111 Å². The summed E-state index contributed by atoms with van der Waals surface area (Å²) >= 11 is -1.86. The Bertz CT molecular complexity index is 1940. The van der Waals surface area contributed by atoms with Gasteiger partial charge in [-0.3, -0.25) is 0 Å². The van der Waals surface area contributed by atoms with Crippen LogP contribution in [0.5, 0.6) is 0 Å². The molecule has 0 atom stereocenters. The summed E-state index contributed by atoms with van der Waals surface area (Å²) in [4.78, 5) is 13.8. The van der Waals surface area contributed by atoms with Gasteiger partial charge in [-0.05, 0) is 54.6 Å². The maximum Gasteiger partial charge on any atom is 0.216 e. The molecule has 0 aliphatic heterocycles. The number of fused-ring (bicyclic) bond motifs is 3. The SMILES string of the molecule is CC(C)Cc1cc(-c2[c-]cccc2)nc[c]1[Ge]([CH3])([CH3])[CH3].CCC(C)(CC)c1ccnc(-c2[c-]ccc3c2oc2nc(C)ccc23)c1.[Ir]. The molecule has 0 saturated heterocycles. The Labute approximate surface area is 297 Å². The topological polar surface area (TPSA) is 51.8 Å². The van der Waals surface area contributed by atoms with Gasteiger partial charge >= 0.3 is 126 Å². The summed E-state index contributed by atoms with van der Waals surface area (Å²) in [6.07, 6.45) is 7.35. The van der Waals surface area contributed by atoms with E-state index >= 15 is 0 Å². The van der Waals surface area contributed by atoms with Crippen LogP contribution in [0.3, 0.4) is 0 Å². The van der Waals surface area contributed by atoms with Crippen molar-refractivity contribution in [1.29, 1.82) is 0 Å². The van der Waals surface area contributed by atoms with Gasteiger partial charge in [0.1, 0.15) is 0 Å². The van der Waals surface area contributed by atoms with Crippen LogP contribution in [-0.4, -0.2) is 28.2 Å². The molecule has 0 saturated carbocycles. The summed E-state index contributed by atoms with van der Waals surface area (Å²) in [7, 11) is 0. The van der Waals surface area contributed by atoms with Gasteiger partial charge in [-0.15, -0.1) is 18.2 Å². The van der Waals surface area contributed by atoms with Crippen LogP contribution < -0.4 is 4.40 Å². The van der Waals surface area contributed by atoms with E-state index in [1.54, 1.807) is 4.40 Å². The molecule has 0 aliphatic rings. The maximum atomic E-state index is 6.11. The second kappa shape index (κ2) is 15.4. The molecule has 0 fully saturated rings. The molecule has 0 bridgehead atoms. The van der Waals surface area contributed by atoms with Gasteiger partial charge in [0.25, 0.3) is 0 Å². The first kappa shape index (κ1) is 36.7. The van der Waals surface area contributed by atoms with E-state index in [0.29, 0.717) is 11.6 Å². The Hall–Kier alpha value is -3.12. The summed E-state index contributed by atoms with van der Waals surface area (Å²) in [5, 5.41) is 2.09. The molecule has 47 heavy (non-hydrogen) atoms. The molecule has 2 aromatic carbocycles. The van der Waals surface area contributed by atoms with Crippen molar-refractivity contribution in [2.75, 3.05) is 0 Å². The molecule has 6 heteroatoms. The van der Waals surface area contributed by atoms with Gasteiger partial charge in [-0.25, -0.2) is 4.98 Å². The Morgan fingerprint density at radius 1 is 0.872 bits per heavy atom. The predicted octanol–water partition coefficient (Wildman–Crippen LogP) is 10.5. The molecule has 6 rings (SSSR count). The third kappa shape index (κ3) is 8.31. The molecule has 1 radical (unpaired) electrons. The second-order valence-electron chi connectivity index (χ2n) is 14.1. The fraction of sp³-hybridized carbons (Fsp3) is 0.341. The van der Waals surface area contributed by atoms with Gasteiger partial charge in [0, 0.05) is 37.4 Å². The van der Waals surface area contributed by atoms with E-state index < -0.39 is 13.3 Å². The van der Waals surface area contributed by atoms with Gasteiger partial charge in [0.05, 0.1) is 5.58 Å². The quantitative estimate of drug-likeness (QED) is 0.113. The molecule has 0 unspecified atom stereocenters. The van der Waals surface area contributed by atoms with Crippen molar-refractivity contribution < 1.29 is 24.5 Å². The largest absolute Gasteiger partial charge is 0.486 e. The zero-order valence-electron chi connectivity index (χ0n) is 29.3. The van der Waals surface area contributed by atoms with E-state index in [1.165, 1.54) is 11.1 Å². The molecule has 4 heterocycles. The second-order valence-corrected chi connectivity index (χ2v) is 24.6. The third-order valence-corrected chi connectivity index (χ3v) is 13.5. The van der Waals surface area contributed by atoms with Crippen molar-refractivity contribution in [2.24, 2.45) is 5.92 Å². The third-order valence-electron chi connectivity index (χ3n) is 9.12. The summed E-state index contributed by atoms with van der Waals surface area (Å²) in [6.45, 7) is 13.3. The molecule has 0 spiro atoms. The van der Waals surface area contributed by atoms with Crippen LogP contribution in [0.1, 0.15) is 64.3 Å². The van der Waals surface area contributed by atoms with E-state index in [9.17, 15) is 0 Å². The average Bonchev–Trinajstić information content (AvgIpc) is 3.42. The first-order valence-corrected chi connectivity index (χ1v) is 23.9. The van der Waals surface area contributed by atoms with Gasteiger partial charge in [0.2, 0.25) is 5.71 Å². The minimum Gasteiger partial charge on any atom is -0.486 e. The zero-order chi connectivity index (χ0) is 33.1. The first-order valence-electron chi connectivity index (χ1n) is 16.6. The number of nitrogens with zero attached hydrogens (tertiary/aromatic N) is 3. The summed E-state index contributed by atoms with van der Waals surface area (Å²) < 4.78 is 7.65. The van der Waals surface area contributed by atoms with E-state index in [-0.39, 0.29) is 25.5 Å². The number of aromatic nitrogens is 3. The van der Waals surface area contributed by atoms with Crippen molar-refractivity contribution in [2.45, 2.75) is 83.5 Å². The molecular weight excluding hydrogens is 815 g/mol. The van der Waals surface area contributed by atoms with Crippen LogP contribution in [0.25, 0.3) is 44.6 Å². The van der Waals surface area contributed by atoms with Crippen molar-refractivity contribution >= 4 is 39.7 Å². The Kier molecular flexibility index (Phi) is 12.0. The monoisotopic (exact) mass is 864 g/mol. The van der Waals surface area contributed by atoms with Crippen LogP contribution in [0, 0.1) is 25.0 Å². The standard InChI is InChI=1S/C23H23N2O.C18H24GeN.Ir/c1-5-23(4,6-2)16-12-13-24-20(14-16)19-9-7-8-17-18-11-10-15(3)25-22(18)26-21(17)19;1-14(2)11-16-12-18(15-9-7-6-8-10-15)20-13-17(16)19(3,4)5;/h7-8,10-14H,5-6H2,1-4H3;6-9,12-14H,11H2,1-5H3;/q2*-1;. The normalized spacial score (nSPS) is 11.8. The van der Waals surface area contributed by atoms with Crippen LogP contribution >= 0.6 is 0 Å². The number of furan rings is 1.